The molecule has 0 N–H and O–H groups in total. The minimum Gasteiger partial charge on any atom is -0.378 e. The van der Waals surface area contributed by atoms with Crippen LogP contribution in [0.3, 0.4) is 0 Å². The van der Waals surface area contributed by atoms with E-state index in [-0.39, 0.29) is 5.92 Å². The number of aromatic nitrogens is 3. The molecule has 6 heteroatoms. The van der Waals surface area contributed by atoms with Gasteiger partial charge in [-0.15, -0.1) is 5.10 Å². The van der Waals surface area contributed by atoms with Crippen LogP contribution in [0.25, 0.3) is 0 Å². The fourth-order valence-electron chi connectivity index (χ4n) is 4.11. The molecule has 24 heavy (non-hydrogen) atoms. The van der Waals surface area contributed by atoms with Crippen molar-refractivity contribution in [2.75, 3.05) is 20.2 Å². The number of carbonyl (C=O) groups is 1. The van der Waals surface area contributed by atoms with Gasteiger partial charge >= 0.3 is 0 Å². The lowest BCUT2D eigenvalue weighted by Gasteiger charge is -2.34. The number of nitrogens with zero attached hydrogens (tertiary/aromatic N) is 4. The smallest absolute Gasteiger partial charge is 0.225 e. The van der Waals surface area contributed by atoms with E-state index >= 15 is 0 Å². The first-order chi connectivity index (χ1) is 11.8. The van der Waals surface area contributed by atoms with Crippen molar-refractivity contribution < 1.29 is 9.53 Å². The fraction of sp³-hybridized carbons (Fsp3) is 0.833. The molecule has 0 bridgehead atoms. The second-order valence-electron chi connectivity index (χ2n) is 7.35. The highest BCUT2D eigenvalue weighted by molar-refractivity contribution is 5.79. The first-order valence-corrected chi connectivity index (χ1v) is 9.43. The number of ether oxygens (including phenoxy) is 1. The van der Waals surface area contributed by atoms with Crippen LogP contribution in [0.1, 0.15) is 57.1 Å². The molecule has 0 unspecified atom stereocenters. The monoisotopic (exact) mass is 334 g/mol. The Kier molecular flexibility index (Phi) is 6.24. The molecule has 1 atom stereocenters. The Balaban J connectivity index is 1.54. The average Bonchev–Trinajstić information content (AvgIpc) is 2.86. The van der Waals surface area contributed by atoms with Crippen LogP contribution >= 0.6 is 0 Å². The van der Waals surface area contributed by atoms with Crippen LogP contribution in [-0.4, -0.2) is 46.0 Å². The van der Waals surface area contributed by atoms with Crippen molar-refractivity contribution in [3.8, 4) is 0 Å². The minimum absolute atomic E-state index is 0.269. The molecule has 0 aromatic carbocycles. The third-order valence-electron chi connectivity index (χ3n) is 5.36. The van der Waals surface area contributed by atoms with E-state index in [0.29, 0.717) is 18.4 Å². The summed E-state index contributed by atoms with van der Waals surface area (Å²) < 4.78 is 6.99. The summed E-state index contributed by atoms with van der Waals surface area (Å²) in [5.74, 6) is 1.15. The maximum atomic E-state index is 12.9. The van der Waals surface area contributed by atoms with Gasteiger partial charge in [0.1, 0.15) is 5.69 Å². The standard InChI is InChI=1S/C18H30N4O2/c1-24-14-17-13-22(20-19-17)12-15-7-6-10-21(11-15)18(23)16-8-4-2-3-5-9-16/h13,15-16H,2-12,14H2,1H3/t15-/m1/s1. The Bertz CT molecular complexity index is 523. The van der Waals surface area contributed by atoms with Gasteiger partial charge in [-0.3, -0.25) is 9.48 Å². The predicted octanol–water partition coefficient (Wildman–Crippen LogP) is 2.63. The van der Waals surface area contributed by atoms with E-state index < -0.39 is 0 Å². The molecule has 6 nitrogen and oxygen atoms in total. The second-order valence-corrected chi connectivity index (χ2v) is 7.35. The number of carbonyl (C=O) groups excluding carboxylic acids is 1. The normalized spacial score (nSPS) is 23.2. The quantitative estimate of drug-likeness (QED) is 0.777. The summed E-state index contributed by atoms with van der Waals surface area (Å²) in [6, 6.07) is 0. The molecule has 3 rings (SSSR count). The van der Waals surface area contributed by atoms with Crippen LogP contribution < -0.4 is 0 Å². The zero-order valence-corrected chi connectivity index (χ0v) is 14.8. The number of rotatable bonds is 5. The SMILES string of the molecule is COCc1cn(C[C@@H]2CCCN(C(=O)C3CCCCCC3)C2)nn1. The lowest BCUT2D eigenvalue weighted by atomic mass is 9.94. The summed E-state index contributed by atoms with van der Waals surface area (Å²) in [7, 11) is 1.66. The Morgan fingerprint density at radius 3 is 2.75 bits per heavy atom. The van der Waals surface area contributed by atoms with Gasteiger partial charge in [-0.2, -0.15) is 0 Å². The Hall–Kier alpha value is -1.43. The Morgan fingerprint density at radius 1 is 1.21 bits per heavy atom. The van der Waals surface area contributed by atoms with Gasteiger partial charge in [0.25, 0.3) is 0 Å². The zero-order chi connectivity index (χ0) is 16.8. The lowest BCUT2D eigenvalue weighted by molar-refractivity contribution is -0.138. The molecule has 2 fully saturated rings. The minimum atomic E-state index is 0.269. The number of amides is 1. The third kappa shape index (κ3) is 4.56. The summed E-state index contributed by atoms with van der Waals surface area (Å²) in [5, 5.41) is 8.30. The Labute approximate surface area is 144 Å². The second kappa shape index (κ2) is 8.60. The van der Waals surface area contributed by atoms with Crippen molar-refractivity contribution in [1.29, 1.82) is 0 Å². The molecular formula is C18H30N4O2. The molecule has 2 aliphatic rings. The molecule has 1 aliphatic heterocycles. The molecule has 2 heterocycles. The highest BCUT2D eigenvalue weighted by Crippen LogP contribution is 2.27. The average molecular weight is 334 g/mol. The van der Waals surface area contributed by atoms with Gasteiger partial charge in [0.05, 0.1) is 12.8 Å². The van der Waals surface area contributed by atoms with Crippen LogP contribution in [0.4, 0.5) is 0 Å². The fourth-order valence-corrected chi connectivity index (χ4v) is 4.11. The number of likely N-dealkylation sites (tertiary alicyclic amines) is 1. The molecule has 134 valence electrons. The molecule has 1 saturated heterocycles. The number of hydrogen-bond acceptors (Lipinski definition) is 4. The van der Waals surface area contributed by atoms with Crippen LogP contribution in [-0.2, 0) is 22.7 Å². The highest BCUT2D eigenvalue weighted by atomic mass is 16.5. The van der Waals surface area contributed by atoms with Gasteiger partial charge < -0.3 is 9.64 Å². The van der Waals surface area contributed by atoms with E-state index in [1.165, 1.54) is 25.7 Å². The number of piperidine rings is 1. The first kappa shape index (κ1) is 17.4. The number of hydrogen-bond donors (Lipinski definition) is 0. The molecule has 1 amide bonds. The maximum absolute atomic E-state index is 12.9. The maximum Gasteiger partial charge on any atom is 0.225 e. The van der Waals surface area contributed by atoms with Crippen molar-refractivity contribution in [3.63, 3.8) is 0 Å². The van der Waals surface area contributed by atoms with Crippen LogP contribution in [0.15, 0.2) is 6.20 Å². The Morgan fingerprint density at radius 2 is 2.00 bits per heavy atom. The van der Waals surface area contributed by atoms with Gasteiger partial charge in [-0.05, 0) is 31.6 Å². The van der Waals surface area contributed by atoms with Crippen molar-refractivity contribution >= 4 is 5.91 Å². The molecule has 1 saturated carbocycles. The van der Waals surface area contributed by atoms with Crippen LogP contribution in [0, 0.1) is 11.8 Å². The van der Waals surface area contributed by atoms with E-state index in [0.717, 1.165) is 51.0 Å². The summed E-state index contributed by atoms with van der Waals surface area (Å²) in [5.41, 5.74) is 0.861. The van der Waals surface area contributed by atoms with Gasteiger partial charge in [0.2, 0.25) is 5.91 Å². The van der Waals surface area contributed by atoms with Crippen molar-refractivity contribution in [3.05, 3.63) is 11.9 Å². The largest absolute Gasteiger partial charge is 0.378 e. The summed E-state index contributed by atoms with van der Waals surface area (Å²) >= 11 is 0. The molecule has 1 aliphatic carbocycles. The van der Waals surface area contributed by atoms with E-state index in [2.05, 4.69) is 15.2 Å². The van der Waals surface area contributed by atoms with Gasteiger partial charge in [-0.25, -0.2) is 0 Å². The van der Waals surface area contributed by atoms with E-state index in [4.69, 9.17) is 4.74 Å². The van der Waals surface area contributed by atoms with Gasteiger partial charge in [0.15, 0.2) is 0 Å². The topological polar surface area (TPSA) is 60.2 Å². The number of methoxy groups -OCH3 is 1. The molecular weight excluding hydrogens is 304 g/mol. The molecule has 0 spiro atoms. The van der Waals surface area contributed by atoms with Crippen molar-refractivity contribution in [1.82, 2.24) is 19.9 Å². The van der Waals surface area contributed by atoms with E-state index in [1.54, 1.807) is 7.11 Å². The van der Waals surface area contributed by atoms with Gasteiger partial charge in [-0.1, -0.05) is 30.9 Å². The summed E-state index contributed by atoms with van der Waals surface area (Å²) in [4.78, 5) is 15.0. The van der Waals surface area contributed by atoms with Gasteiger partial charge in [0, 0.05) is 32.7 Å². The van der Waals surface area contributed by atoms with Crippen molar-refractivity contribution in [2.45, 2.75) is 64.5 Å². The zero-order valence-electron chi connectivity index (χ0n) is 14.8. The molecule has 1 aromatic heterocycles. The third-order valence-corrected chi connectivity index (χ3v) is 5.36. The first-order valence-electron chi connectivity index (χ1n) is 9.43. The summed E-state index contributed by atoms with van der Waals surface area (Å²) in [6.07, 6.45) is 11.4. The highest BCUT2D eigenvalue weighted by Gasteiger charge is 2.29. The van der Waals surface area contributed by atoms with Crippen molar-refractivity contribution in [2.24, 2.45) is 11.8 Å². The van der Waals surface area contributed by atoms with E-state index in [1.807, 2.05) is 10.9 Å². The molecule has 1 aromatic rings. The predicted molar refractivity (Wildman–Crippen MR) is 91.2 cm³/mol. The van der Waals surface area contributed by atoms with Crippen LogP contribution in [0.5, 0.6) is 0 Å². The van der Waals surface area contributed by atoms with E-state index in [9.17, 15) is 4.79 Å². The van der Waals surface area contributed by atoms with Crippen LogP contribution in [0.2, 0.25) is 0 Å². The lowest BCUT2D eigenvalue weighted by Crippen LogP contribution is -2.44. The summed E-state index contributed by atoms with van der Waals surface area (Å²) in [6.45, 7) is 3.13. The molecule has 0 radical (unpaired) electrons.